The first-order valence-corrected chi connectivity index (χ1v) is 9.21. The topological polar surface area (TPSA) is 67.7 Å². The SMILES string of the molecule is N#Cc1ccc(N2CCCN(C(=O)CN3CSCC3=O)CC2)cc1. The molecule has 0 atom stereocenters. The molecule has 1 aromatic carbocycles. The molecule has 0 unspecified atom stereocenters. The van der Waals surface area contributed by atoms with E-state index in [2.05, 4.69) is 11.0 Å². The van der Waals surface area contributed by atoms with Gasteiger partial charge in [0.2, 0.25) is 11.8 Å². The highest BCUT2D eigenvalue weighted by atomic mass is 32.2. The summed E-state index contributed by atoms with van der Waals surface area (Å²) in [6.07, 6.45) is 0.897. The molecule has 0 saturated carbocycles. The van der Waals surface area contributed by atoms with Crippen molar-refractivity contribution in [2.75, 3.05) is 49.3 Å². The molecule has 0 radical (unpaired) electrons. The molecular weight excluding hydrogens is 324 g/mol. The van der Waals surface area contributed by atoms with Crippen LogP contribution in [0.3, 0.4) is 0 Å². The minimum Gasteiger partial charge on any atom is -0.370 e. The predicted molar refractivity (Wildman–Crippen MR) is 93.6 cm³/mol. The zero-order valence-corrected chi connectivity index (χ0v) is 14.3. The van der Waals surface area contributed by atoms with Crippen molar-refractivity contribution >= 4 is 29.3 Å². The van der Waals surface area contributed by atoms with Gasteiger partial charge in [0.05, 0.1) is 23.3 Å². The number of hydrogen-bond acceptors (Lipinski definition) is 5. The van der Waals surface area contributed by atoms with Crippen LogP contribution < -0.4 is 4.90 Å². The van der Waals surface area contributed by atoms with Crippen molar-refractivity contribution in [3.63, 3.8) is 0 Å². The molecule has 2 heterocycles. The van der Waals surface area contributed by atoms with Gasteiger partial charge in [-0.25, -0.2) is 0 Å². The summed E-state index contributed by atoms with van der Waals surface area (Å²) in [5.74, 6) is 1.20. The van der Waals surface area contributed by atoms with Gasteiger partial charge in [-0.3, -0.25) is 9.59 Å². The first-order chi connectivity index (χ1) is 11.7. The Bertz CT molecular complexity index is 656. The van der Waals surface area contributed by atoms with Crippen molar-refractivity contribution < 1.29 is 9.59 Å². The number of thioether (sulfide) groups is 1. The van der Waals surface area contributed by atoms with Crippen molar-refractivity contribution in [1.29, 1.82) is 5.26 Å². The van der Waals surface area contributed by atoms with Crippen LogP contribution in [-0.2, 0) is 9.59 Å². The van der Waals surface area contributed by atoms with Crippen molar-refractivity contribution in [2.45, 2.75) is 6.42 Å². The lowest BCUT2D eigenvalue weighted by Crippen LogP contribution is -2.42. The lowest BCUT2D eigenvalue weighted by Gasteiger charge is -2.25. The highest BCUT2D eigenvalue weighted by Gasteiger charge is 2.26. The average Bonchev–Trinajstić information content (AvgIpc) is 2.87. The van der Waals surface area contributed by atoms with Crippen LogP contribution in [0.25, 0.3) is 0 Å². The average molecular weight is 344 g/mol. The molecule has 2 fully saturated rings. The molecule has 0 aromatic heterocycles. The fraction of sp³-hybridized carbons (Fsp3) is 0.471. The molecule has 24 heavy (non-hydrogen) atoms. The molecule has 3 rings (SSSR count). The lowest BCUT2D eigenvalue weighted by atomic mass is 10.2. The summed E-state index contributed by atoms with van der Waals surface area (Å²) in [5.41, 5.74) is 1.73. The number of rotatable bonds is 3. The number of carbonyl (C=O) groups is 2. The van der Waals surface area contributed by atoms with Gasteiger partial charge >= 0.3 is 0 Å². The van der Waals surface area contributed by atoms with Crippen LogP contribution >= 0.6 is 11.8 Å². The van der Waals surface area contributed by atoms with E-state index in [-0.39, 0.29) is 18.4 Å². The predicted octanol–water partition coefficient (Wildman–Crippen LogP) is 1.13. The second-order valence-electron chi connectivity index (χ2n) is 5.95. The Morgan fingerprint density at radius 1 is 1.17 bits per heavy atom. The number of nitrogens with zero attached hydrogens (tertiary/aromatic N) is 4. The van der Waals surface area contributed by atoms with E-state index in [0.29, 0.717) is 23.7 Å². The first-order valence-electron chi connectivity index (χ1n) is 8.06. The molecule has 2 aliphatic rings. The summed E-state index contributed by atoms with van der Waals surface area (Å²) < 4.78 is 0. The van der Waals surface area contributed by atoms with Gasteiger partial charge in [0, 0.05) is 31.9 Å². The van der Waals surface area contributed by atoms with Crippen molar-refractivity contribution in [3.05, 3.63) is 29.8 Å². The van der Waals surface area contributed by atoms with E-state index in [0.717, 1.165) is 31.7 Å². The van der Waals surface area contributed by atoms with Gasteiger partial charge < -0.3 is 14.7 Å². The molecule has 6 nitrogen and oxygen atoms in total. The van der Waals surface area contributed by atoms with Crippen LogP contribution in [0.1, 0.15) is 12.0 Å². The maximum absolute atomic E-state index is 12.4. The Kier molecular flexibility index (Phi) is 5.26. The standard InChI is InChI=1S/C17H20N4O2S/c18-10-14-2-4-15(5-3-14)19-6-1-7-20(9-8-19)16(22)11-21-13-24-12-17(21)23/h2-5H,1,6-9,11-13H2. The minimum absolute atomic E-state index is 0.0347. The van der Waals surface area contributed by atoms with Crippen molar-refractivity contribution in [3.8, 4) is 6.07 Å². The van der Waals surface area contributed by atoms with E-state index in [1.54, 1.807) is 16.7 Å². The summed E-state index contributed by atoms with van der Waals surface area (Å²) >= 11 is 1.56. The van der Waals surface area contributed by atoms with E-state index in [4.69, 9.17) is 5.26 Å². The number of carbonyl (C=O) groups excluding carboxylic acids is 2. The second-order valence-corrected chi connectivity index (χ2v) is 6.90. The molecule has 0 bridgehead atoms. The normalized spacial score (nSPS) is 18.5. The van der Waals surface area contributed by atoms with Crippen LogP contribution in [0.15, 0.2) is 24.3 Å². The highest BCUT2D eigenvalue weighted by molar-refractivity contribution is 8.00. The molecule has 0 spiro atoms. The molecule has 1 aromatic rings. The Labute approximate surface area is 146 Å². The van der Waals surface area contributed by atoms with E-state index in [1.165, 1.54) is 0 Å². The highest BCUT2D eigenvalue weighted by Crippen LogP contribution is 2.18. The van der Waals surface area contributed by atoms with Crippen LogP contribution in [0, 0.1) is 11.3 Å². The Morgan fingerprint density at radius 3 is 2.62 bits per heavy atom. The first kappa shape index (κ1) is 16.7. The number of benzene rings is 1. The zero-order chi connectivity index (χ0) is 16.9. The van der Waals surface area contributed by atoms with Gasteiger partial charge in [-0.15, -0.1) is 11.8 Å². The summed E-state index contributed by atoms with van der Waals surface area (Å²) in [5, 5.41) is 8.88. The van der Waals surface area contributed by atoms with Gasteiger partial charge in [0.25, 0.3) is 0 Å². The maximum atomic E-state index is 12.4. The van der Waals surface area contributed by atoms with Gasteiger partial charge in [-0.2, -0.15) is 5.26 Å². The Morgan fingerprint density at radius 2 is 1.96 bits per heavy atom. The van der Waals surface area contributed by atoms with Gasteiger partial charge in [-0.1, -0.05) is 0 Å². The Balaban J connectivity index is 1.57. The molecule has 126 valence electrons. The zero-order valence-electron chi connectivity index (χ0n) is 13.5. The third-order valence-corrected chi connectivity index (χ3v) is 5.31. The quantitative estimate of drug-likeness (QED) is 0.822. The van der Waals surface area contributed by atoms with E-state index in [9.17, 15) is 9.59 Å². The monoisotopic (exact) mass is 344 g/mol. The maximum Gasteiger partial charge on any atom is 0.242 e. The molecule has 2 saturated heterocycles. The molecule has 2 aliphatic heterocycles. The van der Waals surface area contributed by atoms with Crippen LogP contribution in [-0.4, -0.2) is 66.0 Å². The van der Waals surface area contributed by atoms with Gasteiger partial charge in [0.15, 0.2) is 0 Å². The molecule has 7 heteroatoms. The summed E-state index contributed by atoms with van der Waals surface area (Å²) in [7, 11) is 0. The third-order valence-electron chi connectivity index (χ3n) is 4.36. The third kappa shape index (κ3) is 3.82. The molecule has 0 N–H and O–H groups in total. The summed E-state index contributed by atoms with van der Waals surface area (Å²) in [4.78, 5) is 29.8. The van der Waals surface area contributed by atoms with E-state index < -0.39 is 0 Å². The molecular formula is C17H20N4O2S. The van der Waals surface area contributed by atoms with Crippen molar-refractivity contribution in [2.24, 2.45) is 0 Å². The van der Waals surface area contributed by atoms with Crippen molar-refractivity contribution in [1.82, 2.24) is 9.80 Å². The largest absolute Gasteiger partial charge is 0.370 e. The molecule has 2 amide bonds. The smallest absolute Gasteiger partial charge is 0.242 e. The summed E-state index contributed by atoms with van der Waals surface area (Å²) in [6.45, 7) is 3.23. The van der Waals surface area contributed by atoms with E-state index >= 15 is 0 Å². The summed E-state index contributed by atoms with van der Waals surface area (Å²) in [6, 6.07) is 9.67. The fourth-order valence-corrected chi connectivity index (χ4v) is 3.88. The number of hydrogen-bond donors (Lipinski definition) is 0. The fourth-order valence-electron chi connectivity index (χ4n) is 2.98. The van der Waals surface area contributed by atoms with Crippen LogP contribution in [0.5, 0.6) is 0 Å². The minimum atomic E-state index is 0.0347. The number of amides is 2. The van der Waals surface area contributed by atoms with Gasteiger partial charge in [-0.05, 0) is 30.7 Å². The van der Waals surface area contributed by atoms with E-state index in [1.807, 2.05) is 29.2 Å². The number of nitriles is 1. The Hall–Kier alpha value is -2.20. The van der Waals surface area contributed by atoms with Crippen LogP contribution in [0.4, 0.5) is 5.69 Å². The van der Waals surface area contributed by atoms with Gasteiger partial charge in [0.1, 0.15) is 6.54 Å². The van der Waals surface area contributed by atoms with Crippen LogP contribution in [0.2, 0.25) is 0 Å². The molecule has 0 aliphatic carbocycles. The lowest BCUT2D eigenvalue weighted by molar-refractivity contribution is -0.137. The number of anilines is 1. The second kappa shape index (κ2) is 7.58.